The molecule has 1 aliphatic heterocycles. The minimum atomic E-state index is -1.21. The number of hydrogen-bond acceptors (Lipinski definition) is 5. The number of nitrogens with one attached hydrogen (secondary N) is 1. The monoisotopic (exact) mass is 366 g/mol. The summed E-state index contributed by atoms with van der Waals surface area (Å²) < 4.78 is 0. The van der Waals surface area contributed by atoms with Crippen molar-refractivity contribution in [2.75, 3.05) is 6.54 Å². The van der Waals surface area contributed by atoms with E-state index in [2.05, 4.69) is 5.32 Å². The maximum absolute atomic E-state index is 12.8. The minimum absolute atomic E-state index is 0.103. The fraction of sp³-hybridized carbons (Fsp3) is 0.778. The first kappa shape index (κ1) is 20.4. The fourth-order valence-electron chi connectivity index (χ4n) is 3.69. The lowest BCUT2D eigenvalue weighted by molar-refractivity contribution is -0.143. The van der Waals surface area contributed by atoms with Gasteiger partial charge < -0.3 is 21.7 Å². The van der Waals surface area contributed by atoms with Crippen molar-refractivity contribution >= 4 is 23.5 Å². The number of carbonyl (C=O) groups is 4. The smallest absolute Gasteiger partial charge is 0.287 e. The molecule has 0 aromatic heterocycles. The zero-order valence-corrected chi connectivity index (χ0v) is 16.0. The average molecular weight is 366 g/mol. The molecule has 0 aromatic carbocycles. The third kappa shape index (κ3) is 3.60. The van der Waals surface area contributed by atoms with Crippen molar-refractivity contribution in [1.29, 1.82) is 0 Å². The molecule has 2 rings (SSSR count). The first-order valence-electron chi connectivity index (χ1n) is 9.18. The Morgan fingerprint density at radius 1 is 1.27 bits per heavy atom. The summed E-state index contributed by atoms with van der Waals surface area (Å²) in [5, 5.41) is 2.73. The summed E-state index contributed by atoms with van der Waals surface area (Å²) in [7, 11) is 0. The number of nitrogens with zero attached hydrogens (tertiary/aromatic N) is 1. The van der Waals surface area contributed by atoms with Crippen LogP contribution in [0, 0.1) is 11.3 Å². The zero-order chi connectivity index (χ0) is 19.9. The SMILES string of the molecule is CC[C@H]1CC1(NC(=O)[C@@H]1CCCN1C(=O)[C@@H](N)C(C)(C)C)C(=O)C(N)=O. The first-order chi connectivity index (χ1) is 12.0. The van der Waals surface area contributed by atoms with Gasteiger partial charge in [0, 0.05) is 6.54 Å². The number of carbonyl (C=O) groups excluding carboxylic acids is 4. The molecule has 0 radical (unpaired) electrons. The van der Waals surface area contributed by atoms with E-state index in [0.717, 1.165) is 0 Å². The van der Waals surface area contributed by atoms with Crippen molar-refractivity contribution in [3.05, 3.63) is 0 Å². The van der Waals surface area contributed by atoms with Gasteiger partial charge in [-0.3, -0.25) is 19.2 Å². The molecule has 2 fully saturated rings. The van der Waals surface area contributed by atoms with E-state index < -0.39 is 40.6 Å². The molecule has 1 heterocycles. The van der Waals surface area contributed by atoms with Gasteiger partial charge in [-0.25, -0.2) is 0 Å². The Kier molecular flexibility index (Phi) is 5.46. The molecule has 26 heavy (non-hydrogen) atoms. The van der Waals surface area contributed by atoms with Crippen molar-refractivity contribution in [3.8, 4) is 0 Å². The third-order valence-electron chi connectivity index (χ3n) is 5.61. The fourth-order valence-corrected chi connectivity index (χ4v) is 3.69. The Labute approximate surface area is 154 Å². The van der Waals surface area contributed by atoms with E-state index in [1.165, 1.54) is 4.90 Å². The van der Waals surface area contributed by atoms with Gasteiger partial charge in [0.15, 0.2) is 0 Å². The number of rotatable bonds is 6. The molecule has 4 atom stereocenters. The van der Waals surface area contributed by atoms with Gasteiger partial charge >= 0.3 is 0 Å². The highest BCUT2D eigenvalue weighted by Crippen LogP contribution is 2.46. The topological polar surface area (TPSA) is 136 Å². The van der Waals surface area contributed by atoms with Crippen LogP contribution < -0.4 is 16.8 Å². The number of amides is 3. The van der Waals surface area contributed by atoms with Crippen LogP contribution in [0.5, 0.6) is 0 Å². The van der Waals surface area contributed by atoms with Gasteiger partial charge in [-0.15, -0.1) is 0 Å². The molecule has 5 N–H and O–H groups in total. The highest BCUT2D eigenvalue weighted by molar-refractivity contribution is 6.40. The normalized spacial score (nSPS) is 29.2. The molecule has 0 aromatic rings. The summed E-state index contributed by atoms with van der Waals surface area (Å²) >= 11 is 0. The Morgan fingerprint density at radius 3 is 2.35 bits per heavy atom. The van der Waals surface area contributed by atoms with Crippen molar-refractivity contribution in [1.82, 2.24) is 10.2 Å². The van der Waals surface area contributed by atoms with Crippen molar-refractivity contribution < 1.29 is 19.2 Å². The molecule has 8 heteroatoms. The van der Waals surface area contributed by atoms with Crippen LogP contribution in [0.4, 0.5) is 0 Å². The quantitative estimate of drug-likeness (QED) is 0.554. The summed E-state index contributed by atoms with van der Waals surface area (Å²) in [6.45, 7) is 7.96. The highest BCUT2D eigenvalue weighted by atomic mass is 16.2. The Bertz CT molecular complexity index is 627. The van der Waals surface area contributed by atoms with Gasteiger partial charge in [0.1, 0.15) is 11.6 Å². The predicted molar refractivity (Wildman–Crippen MR) is 95.6 cm³/mol. The molecule has 1 saturated heterocycles. The van der Waals surface area contributed by atoms with Crippen LogP contribution in [0.1, 0.15) is 53.4 Å². The van der Waals surface area contributed by atoms with Gasteiger partial charge in [-0.05, 0) is 30.6 Å². The molecule has 1 saturated carbocycles. The van der Waals surface area contributed by atoms with E-state index >= 15 is 0 Å². The third-order valence-corrected chi connectivity index (χ3v) is 5.61. The van der Waals surface area contributed by atoms with Gasteiger partial charge in [0.2, 0.25) is 17.6 Å². The largest absolute Gasteiger partial charge is 0.363 e. The molecular weight excluding hydrogens is 336 g/mol. The Morgan fingerprint density at radius 2 is 1.88 bits per heavy atom. The van der Waals surface area contributed by atoms with Crippen LogP contribution in [0.2, 0.25) is 0 Å². The lowest BCUT2D eigenvalue weighted by atomic mass is 9.86. The van der Waals surface area contributed by atoms with E-state index in [-0.39, 0.29) is 11.8 Å². The number of ketones is 1. The minimum Gasteiger partial charge on any atom is -0.363 e. The van der Waals surface area contributed by atoms with E-state index in [4.69, 9.17) is 11.5 Å². The Balaban J connectivity index is 2.14. The van der Waals surface area contributed by atoms with Crippen molar-refractivity contribution in [3.63, 3.8) is 0 Å². The van der Waals surface area contributed by atoms with Gasteiger partial charge in [0.05, 0.1) is 6.04 Å². The molecule has 2 aliphatic rings. The second-order valence-electron chi connectivity index (χ2n) is 8.50. The lowest BCUT2D eigenvalue weighted by Gasteiger charge is -2.33. The van der Waals surface area contributed by atoms with Crippen LogP contribution in [-0.2, 0) is 19.2 Å². The standard InChI is InChI=1S/C18H30N4O4/c1-5-10-9-18(10,13(23)14(20)24)21-15(25)11-7-6-8-22(11)16(26)12(19)17(2,3)4/h10-12H,5-9,19H2,1-4H3,(H2,20,24)(H,21,25)/t10-,11-,12+,18?/m0/s1. The summed E-state index contributed by atoms with van der Waals surface area (Å²) in [5.41, 5.74) is 9.59. The van der Waals surface area contributed by atoms with Gasteiger partial charge in [0.25, 0.3) is 5.91 Å². The van der Waals surface area contributed by atoms with Crippen LogP contribution in [0.3, 0.4) is 0 Å². The lowest BCUT2D eigenvalue weighted by Crippen LogP contribution is -2.58. The van der Waals surface area contributed by atoms with Gasteiger partial charge in [-0.1, -0.05) is 34.1 Å². The van der Waals surface area contributed by atoms with E-state index in [1.54, 1.807) is 0 Å². The van der Waals surface area contributed by atoms with E-state index in [0.29, 0.717) is 32.2 Å². The van der Waals surface area contributed by atoms with Crippen LogP contribution in [0.15, 0.2) is 0 Å². The summed E-state index contributed by atoms with van der Waals surface area (Å²) in [4.78, 5) is 50.6. The second-order valence-corrected chi connectivity index (χ2v) is 8.50. The Hall–Kier alpha value is -1.96. The van der Waals surface area contributed by atoms with Crippen LogP contribution in [0.25, 0.3) is 0 Å². The number of nitrogens with two attached hydrogens (primary N) is 2. The van der Waals surface area contributed by atoms with Crippen molar-refractivity contribution in [2.45, 2.75) is 71.0 Å². The molecular formula is C18H30N4O4. The number of Topliss-reactive ketones (excluding diaryl/α,β-unsaturated/α-hetero) is 1. The molecule has 0 bridgehead atoms. The second kappa shape index (κ2) is 6.98. The van der Waals surface area contributed by atoms with Crippen LogP contribution in [-0.4, -0.2) is 52.6 Å². The average Bonchev–Trinajstić information content (AvgIpc) is 3.04. The molecule has 1 unspecified atom stereocenters. The zero-order valence-electron chi connectivity index (χ0n) is 16.0. The number of hydrogen-bond donors (Lipinski definition) is 3. The summed E-state index contributed by atoms with van der Waals surface area (Å²) in [6.07, 6.45) is 2.25. The maximum Gasteiger partial charge on any atom is 0.287 e. The van der Waals surface area contributed by atoms with Crippen molar-refractivity contribution in [2.24, 2.45) is 22.8 Å². The number of primary amides is 1. The summed E-state index contributed by atoms with van der Waals surface area (Å²) in [6, 6.07) is -1.40. The molecule has 146 valence electrons. The highest BCUT2D eigenvalue weighted by Gasteiger charge is 2.61. The van der Waals surface area contributed by atoms with Crippen LogP contribution >= 0.6 is 0 Å². The van der Waals surface area contributed by atoms with E-state index in [1.807, 2.05) is 27.7 Å². The molecule has 3 amide bonds. The molecule has 1 aliphatic carbocycles. The number of likely N-dealkylation sites (tertiary alicyclic amines) is 1. The van der Waals surface area contributed by atoms with Gasteiger partial charge in [-0.2, -0.15) is 0 Å². The molecule has 8 nitrogen and oxygen atoms in total. The van der Waals surface area contributed by atoms with E-state index in [9.17, 15) is 19.2 Å². The maximum atomic E-state index is 12.8. The summed E-state index contributed by atoms with van der Waals surface area (Å²) in [5.74, 6) is -2.60. The molecule has 0 spiro atoms. The predicted octanol–water partition coefficient (Wildman–Crippen LogP) is -0.310. The first-order valence-corrected chi connectivity index (χ1v) is 9.18.